The van der Waals surface area contributed by atoms with Crippen molar-refractivity contribution < 1.29 is 13.0 Å². The van der Waals surface area contributed by atoms with E-state index in [1.165, 1.54) is 38.2 Å². The highest BCUT2D eigenvalue weighted by molar-refractivity contribution is 7.85. The molecule has 2 aliphatic heterocycles. The highest BCUT2D eigenvalue weighted by Gasteiger charge is 2.33. The van der Waals surface area contributed by atoms with Crippen molar-refractivity contribution in [2.75, 3.05) is 26.7 Å². The summed E-state index contributed by atoms with van der Waals surface area (Å²) >= 11 is 0. The summed E-state index contributed by atoms with van der Waals surface area (Å²) in [4.78, 5) is 2.34. The van der Waals surface area contributed by atoms with Crippen LogP contribution in [-0.4, -0.2) is 50.6 Å². The summed E-state index contributed by atoms with van der Waals surface area (Å²) in [5.74, 6) is 1.01. The Labute approximate surface area is 120 Å². The Hall–Kier alpha value is -0.950. The predicted octanol–water partition coefficient (Wildman–Crippen LogP) is 1.15. The quantitative estimate of drug-likeness (QED) is 0.761. The molecular weight excluding hydrogens is 276 g/mol. The number of benzene rings is 1. The molecule has 1 aromatic rings. The van der Waals surface area contributed by atoms with Crippen LogP contribution in [0.2, 0.25) is 0 Å². The molecule has 0 aromatic heterocycles. The van der Waals surface area contributed by atoms with E-state index in [1.54, 1.807) is 12.1 Å². The molecule has 0 spiro atoms. The molecule has 2 N–H and O–H groups in total. The summed E-state index contributed by atoms with van der Waals surface area (Å²) in [5, 5.41) is 3.44. The van der Waals surface area contributed by atoms with Crippen LogP contribution >= 0.6 is 0 Å². The Kier molecular flexibility index (Phi) is 4.80. The number of piperidine rings is 1. The molecule has 2 aliphatic rings. The number of nitrogens with one attached hydrogen (secondary N) is 1. The van der Waals surface area contributed by atoms with Gasteiger partial charge in [-0.3, -0.25) is 4.55 Å². The lowest BCUT2D eigenvalue weighted by atomic mass is 9.85. The van der Waals surface area contributed by atoms with Crippen molar-refractivity contribution in [2.24, 2.45) is 5.92 Å². The lowest BCUT2D eigenvalue weighted by Gasteiger charge is -2.45. The van der Waals surface area contributed by atoms with Crippen LogP contribution in [0.15, 0.2) is 29.2 Å². The van der Waals surface area contributed by atoms with Crippen LogP contribution in [0.1, 0.15) is 12.0 Å². The second-order valence-corrected chi connectivity index (χ2v) is 7.04. The first-order valence-corrected chi connectivity index (χ1v) is 8.26. The standard InChI is InChI=1S/C7H14N2.C7H8O3S/c1-9-3-2-6-4-8-7(6)5-9;1-6-2-4-7(5-3-6)11(8,9)10/h6-8H,2-5H2,1H3;2-5H,1H3,(H,8,9,10). The van der Waals surface area contributed by atoms with Gasteiger partial charge in [0.2, 0.25) is 0 Å². The molecule has 2 heterocycles. The normalized spacial score (nSPS) is 25.9. The van der Waals surface area contributed by atoms with Gasteiger partial charge in [-0.05, 0) is 51.5 Å². The molecule has 5 nitrogen and oxygen atoms in total. The lowest BCUT2D eigenvalue weighted by molar-refractivity contribution is 0.103. The van der Waals surface area contributed by atoms with Crippen molar-refractivity contribution in [2.45, 2.75) is 24.3 Å². The van der Waals surface area contributed by atoms with Crippen LogP contribution in [0.3, 0.4) is 0 Å². The number of hydrogen-bond donors (Lipinski definition) is 2. The maximum absolute atomic E-state index is 10.5. The molecule has 6 heteroatoms. The molecule has 0 saturated carbocycles. The van der Waals surface area contributed by atoms with Crippen molar-refractivity contribution in [3.63, 3.8) is 0 Å². The fourth-order valence-electron chi connectivity index (χ4n) is 2.49. The van der Waals surface area contributed by atoms with Gasteiger partial charge in [0, 0.05) is 12.6 Å². The molecule has 0 radical (unpaired) electrons. The van der Waals surface area contributed by atoms with E-state index in [9.17, 15) is 8.42 Å². The molecule has 1 aromatic carbocycles. The van der Waals surface area contributed by atoms with E-state index in [2.05, 4.69) is 17.3 Å². The SMILES string of the molecule is CN1CCC2CNC2C1.Cc1ccc(S(=O)(=O)O)cc1. The van der Waals surface area contributed by atoms with Crippen molar-refractivity contribution in [3.8, 4) is 0 Å². The Balaban J connectivity index is 0.000000149. The molecule has 0 bridgehead atoms. The zero-order valence-corrected chi connectivity index (χ0v) is 12.7. The monoisotopic (exact) mass is 298 g/mol. The second-order valence-electron chi connectivity index (χ2n) is 5.61. The topological polar surface area (TPSA) is 69.6 Å². The zero-order valence-electron chi connectivity index (χ0n) is 11.9. The van der Waals surface area contributed by atoms with E-state index < -0.39 is 10.1 Å². The van der Waals surface area contributed by atoms with Crippen molar-refractivity contribution >= 4 is 10.1 Å². The zero-order chi connectivity index (χ0) is 14.8. The minimum absolute atomic E-state index is 0.0666. The molecule has 112 valence electrons. The Morgan fingerprint density at radius 2 is 1.95 bits per heavy atom. The number of likely N-dealkylation sites (N-methyl/N-ethyl adjacent to an activating group) is 1. The largest absolute Gasteiger partial charge is 0.312 e. The van der Waals surface area contributed by atoms with Crippen LogP contribution in [-0.2, 0) is 10.1 Å². The fraction of sp³-hybridized carbons (Fsp3) is 0.571. The summed E-state index contributed by atoms with van der Waals surface area (Å²) in [7, 11) is -1.81. The molecule has 2 unspecified atom stereocenters. The highest BCUT2D eigenvalue weighted by Crippen LogP contribution is 2.22. The van der Waals surface area contributed by atoms with Crippen LogP contribution in [0.25, 0.3) is 0 Å². The molecule has 0 amide bonds. The van der Waals surface area contributed by atoms with Crippen molar-refractivity contribution in [1.29, 1.82) is 0 Å². The van der Waals surface area contributed by atoms with Gasteiger partial charge in [-0.15, -0.1) is 0 Å². The van der Waals surface area contributed by atoms with Crippen LogP contribution in [0, 0.1) is 12.8 Å². The first-order chi connectivity index (χ1) is 9.36. The summed E-state index contributed by atoms with van der Waals surface area (Å²) in [6, 6.07) is 6.82. The average molecular weight is 298 g/mol. The Bertz CT molecular complexity index is 542. The predicted molar refractivity (Wildman–Crippen MR) is 78.4 cm³/mol. The van der Waals surface area contributed by atoms with Gasteiger partial charge in [0.05, 0.1) is 4.90 Å². The smallest absolute Gasteiger partial charge is 0.294 e. The van der Waals surface area contributed by atoms with E-state index in [-0.39, 0.29) is 4.90 Å². The first-order valence-electron chi connectivity index (χ1n) is 6.82. The third-order valence-corrected chi connectivity index (χ3v) is 4.79. The molecule has 20 heavy (non-hydrogen) atoms. The number of hydrogen-bond acceptors (Lipinski definition) is 4. The molecule has 2 atom stereocenters. The van der Waals surface area contributed by atoms with E-state index in [0.29, 0.717) is 0 Å². The highest BCUT2D eigenvalue weighted by atomic mass is 32.2. The van der Waals surface area contributed by atoms with Gasteiger partial charge in [-0.25, -0.2) is 0 Å². The molecule has 2 fully saturated rings. The molecule has 2 saturated heterocycles. The number of rotatable bonds is 1. The summed E-state index contributed by atoms with van der Waals surface area (Å²) in [5.41, 5.74) is 0.956. The van der Waals surface area contributed by atoms with Crippen LogP contribution < -0.4 is 5.32 Å². The minimum Gasteiger partial charge on any atom is -0.312 e. The Morgan fingerprint density at radius 1 is 1.30 bits per heavy atom. The van der Waals surface area contributed by atoms with Gasteiger partial charge in [-0.1, -0.05) is 17.7 Å². The fourth-order valence-corrected chi connectivity index (χ4v) is 2.97. The van der Waals surface area contributed by atoms with Crippen molar-refractivity contribution in [1.82, 2.24) is 10.2 Å². The third kappa shape index (κ3) is 4.02. The average Bonchev–Trinajstić information content (AvgIpc) is 2.34. The number of nitrogens with zero attached hydrogens (tertiary/aromatic N) is 1. The second kappa shape index (κ2) is 6.22. The van der Waals surface area contributed by atoms with Gasteiger partial charge < -0.3 is 10.2 Å². The van der Waals surface area contributed by atoms with Gasteiger partial charge in [0.15, 0.2) is 0 Å². The summed E-state index contributed by atoms with van der Waals surface area (Å²) < 4.78 is 29.6. The third-order valence-electron chi connectivity index (χ3n) is 3.92. The molecular formula is C14H22N2O3S. The number of fused-ring (bicyclic) bond motifs is 1. The van der Waals surface area contributed by atoms with Gasteiger partial charge >= 0.3 is 0 Å². The van der Waals surface area contributed by atoms with E-state index in [0.717, 1.165) is 17.5 Å². The maximum atomic E-state index is 10.5. The summed E-state index contributed by atoms with van der Waals surface area (Å²) in [6.45, 7) is 5.69. The number of aryl methyl sites for hydroxylation is 1. The first kappa shape index (κ1) is 15.4. The summed E-state index contributed by atoms with van der Waals surface area (Å²) in [6.07, 6.45) is 1.41. The minimum atomic E-state index is -4.02. The number of likely N-dealkylation sites (tertiary alicyclic amines) is 1. The van der Waals surface area contributed by atoms with E-state index in [4.69, 9.17) is 4.55 Å². The van der Waals surface area contributed by atoms with E-state index >= 15 is 0 Å². The molecule has 3 rings (SSSR count). The van der Waals surface area contributed by atoms with Crippen LogP contribution in [0.4, 0.5) is 0 Å². The van der Waals surface area contributed by atoms with Gasteiger partial charge in [0.25, 0.3) is 10.1 Å². The van der Waals surface area contributed by atoms with E-state index in [1.807, 2.05) is 6.92 Å². The maximum Gasteiger partial charge on any atom is 0.294 e. The van der Waals surface area contributed by atoms with Crippen LogP contribution in [0.5, 0.6) is 0 Å². The lowest BCUT2D eigenvalue weighted by Crippen LogP contribution is -2.61. The van der Waals surface area contributed by atoms with Gasteiger partial charge in [-0.2, -0.15) is 8.42 Å². The molecule has 0 aliphatic carbocycles. The van der Waals surface area contributed by atoms with Crippen molar-refractivity contribution in [3.05, 3.63) is 29.8 Å². The Morgan fingerprint density at radius 3 is 2.35 bits per heavy atom. The van der Waals surface area contributed by atoms with Gasteiger partial charge in [0.1, 0.15) is 0 Å².